The average Bonchev–Trinajstić information content (AvgIpc) is 2.17. The molecule has 0 aliphatic rings. The Morgan fingerprint density at radius 1 is 1.31 bits per heavy atom. The Morgan fingerprint density at radius 2 is 2.06 bits per heavy atom. The highest BCUT2D eigenvalue weighted by Gasteiger charge is 2.03. The maximum absolute atomic E-state index is 11.7. The van der Waals surface area contributed by atoms with E-state index in [9.17, 15) is 4.79 Å². The molecule has 0 aliphatic carbocycles. The highest BCUT2D eigenvalue weighted by atomic mass is 35.5. The van der Waals surface area contributed by atoms with Crippen LogP contribution in [-0.2, 0) is 6.42 Å². The fourth-order valence-electron chi connectivity index (χ4n) is 1.58. The molecule has 3 nitrogen and oxygen atoms in total. The van der Waals surface area contributed by atoms with E-state index in [1.54, 1.807) is 6.07 Å². The molecule has 1 aromatic carbocycles. The molecule has 0 unspecified atom stereocenters. The van der Waals surface area contributed by atoms with Gasteiger partial charge in [-0.05, 0) is 31.2 Å². The van der Waals surface area contributed by atoms with Crippen LogP contribution in [0.25, 0.3) is 11.0 Å². The number of halogens is 1. The van der Waals surface area contributed by atoms with E-state index in [0.29, 0.717) is 29.7 Å². The molecule has 2 aromatic rings. The van der Waals surface area contributed by atoms with E-state index in [-0.39, 0.29) is 17.8 Å². The highest BCUT2D eigenvalue weighted by molar-refractivity contribution is 5.85. The number of fused-ring (bicyclic) bond motifs is 1. The van der Waals surface area contributed by atoms with Gasteiger partial charge in [0, 0.05) is 12.5 Å². The summed E-state index contributed by atoms with van der Waals surface area (Å²) in [5.41, 5.74) is 7.15. The second-order valence-electron chi connectivity index (χ2n) is 3.62. The zero-order valence-corrected chi connectivity index (χ0v) is 9.84. The van der Waals surface area contributed by atoms with Crippen LogP contribution in [0.4, 0.5) is 0 Å². The Balaban J connectivity index is 0.00000128. The van der Waals surface area contributed by atoms with E-state index in [4.69, 9.17) is 10.2 Å². The molecule has 1 aromatic heterocycles. The molecule has 0 saturated heterocycles. The maximum Gasteiger partial charge on any atom is 0.192 e. The number of nitrogens with two attached hydrogens (primary N) is 1. The Labute approximate surface area is 99.7 Å². The third kappa shape index (κ3) is 2.43. The van der Waals surface area contributed by atoms with Crippen LogP contribution in [0.1, 0.15) is 11.3 Å². The fraction of sp³-hybridized carbons (Fsp3) is 0.250. The van der Waals surface area contributed by atoms with E-state index in [2.05, 4.69) is 0 Å². The van der Waals surface area contributed by atoms with Gasteiger partial charge in [-0.2, -0.15) is 0 Å². The van der Waals surface area contributed by atoms with Gasteiger partial charge in [0.1, 0.15) is 11.3 Å². The van der Waals surface area contributed by atoms with Crippen LogP contribution < -0.4 is 11.2 Å². The lowest BCUT2D eigenvalue weighted by atomic mass is 10.1. The zero-order chi connectivity index (χ0) is 10.8. The first kappa shape index (κ1) is 12.7. The van der Waals surface area contributed by atoms with E-state index >= 15 is 0 Å². The lowest BCUT2D eigenvalue weighted by Crippen LogP contribution is -2.07. The summed E-state index contributed by atoms with van der Waals surface area (Å²) in [6, 6.07) is 7.09. The second-order valence-corrected chi connectivity index (χ2v) is 3.62. The van der Waals surface area contributed by atoms with Crippen LogP contribution in [0.5, 0.6) is 0 Å². The molecule has 0 aliphatic heterocycles. The van der Waals surface area contributed by atoms with Crippen molar-refractivity contribution in [3.05, 3.63) is 45.8 Å². The standard InChI is InChI=1S/C12H13NO2.ClH/c1-8-2-3-10-11(14)7-9(4-5-13)15-12(10)6-8;/h2-3,6-7H,4-5,13H2,1H3;1H. The van der Waals surface area contributed by atoms with Crippen molar-refractivity contribution in [1.29, 1.82) is 0 Å². The predicted molar refractivity (Wildman–Crippen MR) is 67.2 cm³/mol. The van der Waals surface area contributed by atoms with Gasteiger partial charge >= 0.3 is 0 Å². The first-order valence-electron chi connectivity index (χ1n) is 4.94. The summed E-state index contributed by atoms with van der Waals surface area (Å²) in [6.45, 7) is 2.45. The molecule has 0 atom stereocenters. The van der Waals surface area contributed by atoms with Crippen molar-refractivity contribution in [2.75, 3.05) is 6.54 Å². The van der Waals surface area contributed by atoms with Crippen molar-refractivity contribution in [1.82, 2.24) is 0 Å². The lowest BCUT2D eigenvalue weighted by Gasteiger charge is -2.01. The summed E-state index contributed by atoms with van der Waals surface area (Å²) >= 11 is 0. The SMILES string of the molecule is Cc1ccc2c(=O)cc(CCN)oc2c1.Cl. The van der Waals surface area contributed by atoms with Crippen LogP contribution in [0.3, 0.4) is 0 Å². The van der Waals surface area contributed by atoms with Crippen LogP contribution in [0, 0.1) is 6.92 Å². The number of rotatable bonds is 2. The quantitative estimate of drug-likeness (QED) is 0.873. The molecule has 0 fully saturated rings. The zero-order valence-electron chi connectivity index (χ0n) is 9.03. The Morgan fingerprint density at radius 3 is 2.75 bits per heavy atom. The van der Waals surface area contributed by atoms with Crippen molar-refractivity contribution in [3.63, 3.8) is 0 Å². The minimum atomic E-state index is -0.000278. The van der Waals surface area contributed by atoms with E-state index in [1.165, 1.54) is 6.07 Å². The van der Waals surface area contributed by atoms with E-state index < -0.39 is 0 Å². The summed E-state index contributed by atoms with van der Waals surface area (Å²) in [6.07, 6.45) is 0.596. The molecular weight excluding hydrogens is 226 g/mol. The molecule has 1 heterocycles. The summed E-state index contributed by atoms with van der Waals surface area (Å²) in [4.78, 5) is 11.7. The largest absolute Gasteiger partial charge is 0.461 e. The summed E-state index contributed by atoms with van der Waals surface area (Å²) in [7, 11) is 0. The van der Waals surface area contributed by atoms with Gasteiger partial charge in [0.25, 0.3) is 0 Å². The van der Waals surface area contributed by atoms with Crippen molar-refractivity contribution in [3.8, 4) is 0 Å². The molecule has 0 amide bonds. The molecule has 2 N–H and O–H groups in total. The number of benzene rings is 1. The molecule has 16 heavy (non-hydrogen) atoms. The number of hydrogen-bond acceptors (Lipinski definition) is 3. The topological polar surface area (TPSA) is 56.2 Å². The normalized spacial score (nSPS) is 10.1. The molecular formula is C12H14ClNO2. The molecule has 0 spiro atoms. The van der Waals surface area contributed by atoms with Crippen LogP contribution in [0.15, 0.2) is 33.5 Å². The fourth-order valence-corrected chi connectivity index (χ4v) is 1.58. The lowest BCUT2D eigenvalue weighted by molar-refractivity contribution is 0.537. The van der Waals surface area contributed by atoms with Gasteiger partial charge in [0.2, 0.25) is 0 Å². The monoisotopic (exact) mass is 239 g/mol. The van der Waals surface area contributed by atoms with Crippen LogP contribution in [-0.4, -0.2) is 6.54 Å². The van der Waals surface area contributed by atoms with Gasteiger partial charge < -0.3 is 10.2 Å². The van der Waals surface area contributed by atoms with Crippen molar-refractivity contribution in [2.45, 2.75) is 13.3 Å². The van der Waals surface area contributed by atoms with Gasteiger partial charge in [-0.15, -0.1) is 12.4 Å². The number of hydrogen-bond donors (Lipinski definition) is 1. The van der Waals surface area contributed by atoms with Gasteiger partial charge in [0.05, 0.1) is 5.39 Å². The Kier molecular flexibility index (Phi) is 4.10. The van der Waals surface area contributed by atoms with Gasteiger partial charge in [-0.25, -0.2) is 0 Å². The first-order valence-corrected chi connectivity index (χ1v) is 4.94. The minimum absolute atomic E-state index is 0. The minimum Gasteiger partial charge on any atom is -0.461 e. The Hall–Kier alpha value is -1.32. The van der Waals surface area contributed by atoms with Gasteiger partial charge in [0.15, 0.2) is 5.43 Å². The van der Waals surface area contributed by atoms with Gasteiger partial charge in [-0.1, -0.05) is 6.07 Å². The third-order valence-corrected chi connectivity index (χ3v) is 2.33. The second kappa shape index (κ2) is 5.14. The molecule has 0 bridgehead atoms. The maximum atomic E-state index is 11.7. The van der Waals surface area contributed by atoms with Crippen molar-refractivity contribution < 1.29 is 4.42 Å². The predicted octanol–water partition coefficient (Wildman–Crippen LogP) is 2.02. The molecule has 0 saturated carbocycles. The smallest absolute Gasteiger partial charge is 0.192 e. The first-order chi connectivity index (χ1) is 7.20. The average molecular weight is 240 g/mol. The highest BCUT2D eigenvalue weighted by Crippen LogP contribution is 2.14. The summed E-state index contributed by atoms with van der Waals surface area (Å²) < 4.78 is 5.58. The van der Waals surface area contributed by atoms with Crippen LogP contribution >= 0.6 is 12.4 Å². The van der Waals surface area contributed by atoms with Crippen LogP contribution in [0.2, 0.25) is 0 Å². The summed E-state index contributed by atoms with van der Waals surface area (Å²) in [5, 5.41) is 0.626. The van der Waals surface area contributed by atoms with Crippen molar-refractivity contribution >= 4 is 23.4 Å². The molecule has 2 rings (SSSR count). The summed E-state index contributed by atoms with van der Waals surface area (Å²) in [5.74, 6) is 0.653. The number of aryl methyl sites for hydroxylation is 1. The van der Waals surface area contributed by atoms with Crippen molar-refractivity contribution in [2.24, 2.45) is 5.73 Å². The third-order valence-electron chi connectivity index (χ3n) is 2.33. The molecule has 4 heteroatoms. The van der Waals surface area contributed by atoms with Gasteiger partial charge in [-0.3, -0.25) is 4.79 Å². The van der Waals surface area contributed by atoms with E-state index in [1.807, 2.05) is 19.1 Å². The Bertz CT molecular complexity index is 548. The molecule has 0 radical (unpaired) electrons. The van der Waals surface area contributed by atoms with E-state index in [0.717, 1.165) is 5.56 Å². The molecule has 86 valence electrons.